The van der Waals surface area contributed by atoms with Crippen LogP contribution in [-0.2, 0) is 20.9 Å². The molecule has 1 N–H and O–H groups in total. The Bertz CT molecular complexity index is 729. The van der Waals surface area contributed by atoms with E-state index < -0.39 is 0 Å². The predicted molar refractivity (Wildman–Crippen MR) is 113 cm³/mol. The van der Waals surface area contributed by atoms with Gasteiger partial charge in [0.05, 0.1) is 19.3 Å². The molecule has 1 unspecified atom stereocenters. The zero-order valence-electron chi connectivity index (χ0n) is 15.2. The molecule has 0 aromatic heterocycles. The Balaban J connectivity index is 1.42. The van der Waals surface area contributed by atoms with Gasteiger partial charge in [0.15, 0.2) is 6.61 Å². The molecule has 1 saturated heterocycles. The first-order chi connectivity index (χ1) is 13.2. The van der Waals surface area contributed by atoms with Crippen molar-refractivity contribution in [1.82, 2.24) is 0 Å². The smallest absolute Gasteiger partial charge is 0.262 e. The van der Waals surface area contributed by atoms with Crippen molar-refractivity contribution in [3.63, 3.8) is 0 Å². The number of carbonyl (C=O) groups excluding carboxylic acids is 1. The van der Waals surface area contributed by atoms with Gasteiger partial charge in [0.1, 0.15) is 5.75 Å². The highest BCUT2D eigenvalue weighted by Crippen LogP contribution is 2.16. The monoisotopic (exact) mass is 481 g/mol. The van der Waals surface area contributed by atoms with Crippen molar-refractivity contribution in [3.05, 3.63) is 57.7 Å². The zero-order chi connectivity index (χ0) is 18.9. The van der Waals surface area contributed by atoms with Crippen molar-refractivity contribution in [2.45, 2.75) is 32.0 Å². The van der Waals surface area contributed by atoms with Gasteiger partial charge in [-0.1, -0.05) is 12.1 Å². The number of hydrogen-bond donors (Lipinski definition) is 1. The van der Waals surface area contributed by atoms with Crippen LogP contribution in [0.5, 0.6) is 5.75 Å². The molecule has 2 aromatic rings. The van der Waals surface area contributed by atoms with Gasteiger partial charge in [0.25, 0.3) is 5.91 Å². The van der Waals surface area contributed by atoms with E-state index in [4.69, 9.17) is 14.2 Å². The van der Waals surface area contributed by atoms with Crippen LogP contribution in [0.3, 0.4) is 0 Å². The molecule has 0 spiro atoms. The number of rotatable bonds is 8. The largest absolute Gasteiger partial charge is 0.484 e. The average molecular weight is 481 g/mol. The second kappa shape index (κ2) is 10.6. The Labute approximate surface area is 173 Å². The number of ether oxygens (including phenoxy) is 3. The van der Waals surface area contributed by atoms with E-state index in [0.717, 1.165) is 34.3 Å². The van der Waals surface area contributed by atoms with E-state index in [0.29, 0.717) is 19.0 Å². The number of amides is 1. The zero-order valence-corrected chi connectivity index (χ0v) is 17.3. The maximum absolute atomic E-state index is 12.1. The van der Waals surface area contributed by atoms with Crippen LogP contribution in [-0.4, -0.2) is 31.8 Å². The fourth-order valence-corrected chi connectivity index (χ4v) is 3.22. The quantitative estimate of drug-likeness (QED) is 0.569. The maximum atomic E-state index is 12.1. The Hall–Kier alpha value is -1.64. The van der Waals surface area contributed by atoms with Gasteiger partial charge in [0, 0.05) is 15.9 Å². The summed E-state index contributed by atoms with van der Waals surface area (Å²) in [4.78, 5) is 12.1. The van der Waals surface area contributed by atoms with Crippen molar-refractivity contribution < 1.29 is 19.0 Å². The summed E-state index contributed by atoms with van der Waals surface area (Å²) in [5.41, 5.74) is 1.75. The number of hydrogen-bond acceptors (Lipinski definition) is 4. The molecule has 0 aliphatic carbocycles. The first-order valence-corrected chi connectivity index (χ1v) is 10.2. The molecular formula is C21H24INO4. The molecule has 1 fully saturated rings. The van der Waals surface area contributed by atoms with E-state index in [1.54, 1.807) is 0 Å². The minimum Gasteiger partial charge on any atom is -0.484 e. The molecule has 1 amide bonds. The molecule has 144 valence electrons. The number of nitrogens with one attached hydrogen (secondary N) is 1. The summed E-state index contributed by atoms with van der Waals surface area (Å²) in [5.74, 6) is 0.486. The van der Waals surface area contributed by atoms with E-state index in [9.17, 15) is 4.79 Å². The van der Waals surface area contributed by atoms with Crippen molar-refractivity contribution >= 4 is 34.2 Å². The highest BCUT2D eigenvalue weighted by Gasteiger charge is 2.13. The lowest BCUT2D eigenvalue weighted by atomic mass is 10.1. The first-order valence-electron chi connectivity index (χ1n) is 9.15. The number of anilines is 1. The third-order valence-electron chi connectivity index (χ3n) is 4.24. The lowest BCUT2D eigenvalue weighted by molar-refractivity contribution is -0.118. The van der Waals surface area contributed by atoms with Gasteiger partial charge in [-0.05, 0) is 83.8 Å². The van der Waals surface area contributed by atoms with E-state index in [2.05, 4.69) is 27.9 Å². The summed E-state index contributed by atoms with van der Waals surface area (Å²) in [6.07, 6.45) is 3.63. The molecule has 3 rings (SSSR count). The number of halogens is 1. The van der Waals surface area contributed by atoms with Crippen LogP contribution in [0.2, 0.25) is 0 Å². The lowest BCUT2D eigenvalue weighted by Gasteiger charge is -2.22. The van der Waals surface area contributed by atoms with Crippen LogP contribution >= 0.6 is 22.6 Å². The fraction of sp³-hybridized carbons (Fsp3) is 0.381. The van der Waals surface area contributed by atoms with Gasteiger partial charge in [-0.25, -0.2) is 0 Å². The standard InChI is InChI=1S/C21H24INO4/c22-17-7-9-19(10-8-17)27-15-21(24)23-18-5-3-4-16(12-18)13-25-14-20-6-1-2-11-26-20/h3-5,7-10,12,20H,1-2,6,11,13-15H2,(H,23,24). The SMILES string of the molecule is O=C(COc1ccc(I)cc1)Nc1cccc(COCC2CCCCO2)c1. The van der Waals surface area contributed by atoms with Gasteiger partial charge in [-0.2, -0.15) is 0 Å². The van der Waals surface area contributed by atoms with Gasteiger partial charge < -0.3 is 19.5 Å². The maximum Gasteiger partial charge on any atom is 0.262 e. The van der Waals surface area contributed by atoms with Crippen molar-refractivity contribution in [3.8, 4) is 5.75 Å². The predicted octanol–water partition coefficient (Wildman–Crippen LogP) is 4.39. The van der Waals surface area contributed by atoms with E-state index in [1.807, 2.05) is 48.5 Å². The average Bonchev–Trinajstić information content (AvgIpc) is 2.69. The summed E-state index contributed by atoms with van der Waals surface area (Å²) in [6.45, 7) is 1.92. The Morgan fingerprint density at radius 1 is 1.19 bits per heavy atom. The summed E-state index contributed by atoms with van der Waals surface area (Å²) < 4.78 is 18.1. The molecule has 1 atom stereocenters. The fourth-order valence-electron chi connectivity index (χ4n) is 2.86. The minimum absolute atomic E-state index is 0.0274. The Morgan fingerprint density at radius 3 is 2.81 bits per heavy atom. The van der Waals surface area contributed by atoms with Gasteiger partial charge >= 0.3 is 0 Å². The van der Waals surface area contributed by atoms with Gasteiger partial charge in [0.2, 0.25) is 0 Å². The number of carbonyl (C=O) groups is 1. The molecule has 6 heteroatoms. The van der Waals surface area contributed by atoms with Gasteiger partial charge in [-0.15, -0.1) is 0 Å². The third-order valence-corrected chi connectivity index (χ3v) is 4.96. The third kappa shape index (κ3) is 7.12. The van der Waals surface area contributed by atoms with Gasteiger partial charge in [-0.3, -0.25) is 4.79 Å². The van der Waals surface area contributed by atoms with Crippen LogP contribution in [0.25, 0.3) is 0 Å². The molecule has 0 saturated carbocycles. The minimum atomic E-state index is -0.192. The van der Waals surface area contributed by atoms with E-state index in [1.165, 1.54) is 6.42 Å². The summed E-state index contributed by atoms with van der Waals surface area (Å²) >= 11 is 2.23. The molecule has 1 heterocycles. The molecule has 0 bridgehead atoms. The first kappa shape index (κ1) is 20.1. The van der Waals surface area contributed by atoms with Crippen LogP contribution in [0.15, 0.2) is 48.5 Å². The van der Waals surface area contributed by atoms with Crippen molar-refractivity contribution in [2.75, 3.05) is 25.1 Å². The lowest BCUT2D eigenvalue weighted by Crippen LogP contribution is -2.24. The normalized spacial score (nSPS) is 16.7. The van der Waals surface area contributed by atoms with E-state index >= 15 is 0 Å². The molecule has 0 radical (unpaired) electrons. The second-order valence-corrected chi connectivity index (χ2v) is 7.74. The van der Waals surface area contributed by atoms with Crippen LogP contribution < -0.4 is 10.1 Å². The molecule has 27 heavy (non-hydrogen) atoms. The Kier molecular flexibility index (Phi) is 7.92. The van der Waals surface area contributed by atoms with E-state index in [-0.39, 0.29) is 18.6 Å². The number of benzene rings is 2. The van der Waals surface area contributed by atoms with Crippen LogP contribution in [0.1, 0.15) is 24.8 Å². The summed E-state index contributed by atoms with van der Waals surface area (Å²) in [7, 11) is 0. The van der Waals surface area contributed by atoms with Crippen molar-refractivity contribution in [1.29, 1.82) is 0 Å². The summed E-state index contributed by atoms with van der Waals surface area (Å²) in [5, 5.41) is 2.86. The van der Waals surface area contributed by atoms with Crippen LogP contribution in [0.4, 0.5) is 5.69 Å². The topological polar surface area (TPSA) is 56.8 Å². The molecule has 2 aromatic carbocycles. The molecule has 1 aliphatic heterocycles. The summed E-state index contributed by atoms with van der Waals surface area (Å²) in [6, 6.07) is 15.3. The highest BCUT2D eigenvalue weighted by atomic mass is 127. The molecular weight excluding hydrogens is 457 g/mol. The van der Waals surface area contributed by atoms with Crippen molar-refractivity contribution in [2.24, 2.45) is 0 Å². The molecule has 1 aliphatic rings. The highest BCUT2D eigenvalue weighted by molar-refractivity contribution is 14.1. The Morgan fingerprint density at radius 2 is 2.04 bits per heavy atom. The molecule has 5 nitrogen and oxygen atoms in total. The van der Waals surface area contributed by atoms with Crippen LogP contribution in [0, 0.1) is 3.57 Å². The second-order valence-electron chi connectivity index (χ2n) is 6.49.